The number of pyridine rings is 2. The summed E-state index contributed by atoms with van der Waals surface area (Å²) in [7, 11) is 0. The van der Waals surface area contributed by atoms with Crippen LogP contribution < -0.4 is 16.0 Å². The van der Waals surface area contributed by atoms with Crippen molar-refractivity contribution in [3.63, 3.8) is 0 Å². The summed E-state index contributed by atoms with van der Waals surface area (Å²) in [6, 6.07) is 10.7. The van der Waals surface area contributed by atoms with Gasteiger partial charge in [-0.3, -0.25) is 4.79 Å². The van der Waals surface area contributed by atoms with Gasteiger partial charge in [0.15, 0.2) is 0 Å². The van der Waals surface area contributed by atoms with Gasteiger partial charge in [-0.15, -0.1) is 0 Å². The Bertz CT molecular complexity index is 1040. The van der Waals surface area contributed by atoms with Gasteiger partial charge in [-0.25, -0.2) is 9.97 Å². The number of aromatic nitrogens is 2. The smallest absolute Gasteiger partial charge is 0.217 e. The zero-order chi connectivity index (χ0) is 24.0. The predicted octanol–water partition coefficient (Wildman–Crippen LogP) is 4.39. The second kappa shape index (κ2) is 11.0. The maximum Gasteiger partial charge on any atom is 0.217 e. The second-order valence-corrected chi connectivity index (χ2v) is 9.62. The summed E-state index contributed by atoms with van der Waals surface area (Å²) in [6.07, 6.45) is 6.91. The maximum absolute atomic E-state index is 11.3. The molecule has 4 rings (SSSR count). The van der Waals surface area contributed by atoms with E-state index in [0.29, 0.717) is 49.5 Å². The minimum Gasteiger partial charge on any atom is -0.381 e. The van der Waals surface area contributed by atoms with Crippen LogP contribution >= 0.6 is 11.6 Å². The number of nitrogens with zero attached hydrogens (tertiary/aromatic N) is 3. The van der Waals surface area contributed by atoms with Crippen molar-refractivity contribution in [1.82, 2.24) is 15.3 Å². The Balaban J connectivity index is 1.42. The lowest BCUT2D eigenvalue weighted by molar-refractivity contribution is -0.119. The molecule has 2 aromatic rings. The molecule has 1 saturated carbocycles. The van der Waals surface area contributed by atoms with Crippen LogP contribution in [-0.2, 0) is 9.53 Å². The van der Waals surface area contributed by atoms with Crippen molar-refractivity contribution in [1.29, 1.82) is 5.26 Å². The summed E-state index contributed by atoms with van der Waals surface area (Å²) in [5.41, 5.74) is 1.11. The fourth-order valence-corrected chi connectivity index (χ4v) is 4.83. The van der Waals surface area contributed by atoms with Crippen molar-refractivity contribution in [3.05, 3.63) is 35.5 Å². The summed E-state index contributed by atoms with van der Waals surface area (Å²) in [5.74, 6) is 1.49. The molecule has 1 aliphatic carbocycles. The number of hydrogen-bond acceptors (Lipinski definition) is 7. The van der Waals surface area contributed by atoms with Gasteiger partial charge in [0.05, 0.1) is 22.2 Å². The Labute approximate surface area is 205 Å². The molecule has 9 heteroatoms. The molecule has 2 fully saturated rings. The van der Waals surface area contributed by atoms with E-state index in [1.807, 2.05) is 24.3 Å². The van der Waals surface area contributed by atoms with Crippen molar-refractivity contribution in [3.8, 4) is 17.3 Å². The molecule has 1 saturated heterocycles. The van der Waals surface area contributed by atoms with Gasteiger partial charge in [0, 0.05) is 50.5 Å². The SMILES string of the molecule is CC(=O)N[C@H]1CC[C@H](Nc2cc(-c3cccc(NCC4(C#N)CCOCC4)n3)c(Cl)cn2)CC1. The van der Waals surface area contributed by atoms with Crippen molar-refractivity contribution in [2.75, 3.05) is 30.4 Å². The third-order valence-corrected chi connectivity index (χ3v) is 6.96. The molecule has 3 N–H and O–H groups in total. The van der Waals surface area contributed by atoms with E-state index >= 15 is 0 Å². The molecule has 34 heavy (non-hydrogen) atoms. The number of carbonyl (C=O) groups is 1. The van der Waals surface area contributed by atoms with Crippen molar-refractivity contribution >= 4 is 29.1 Å². The lowest BCUT2D eigenvalue weighted by Gasteiger charge is -2.30. The number of carbonyl (C=O) groups excluding carboxylic acids is 1. The van der Waals surface area contributed by atoms with Gasteiger partial charge in [-0.2, -0.15) is 5.26 Å². The van der Waals surface area contributed by atoms with E-state index in [2.05, 4.69) is 27.0 Å². The van der Waals surface area contributed by atoms with E-state index in [9.17, 15) is 10.1 Å². The van der Waals surface area contributed by atoms with Gasteiger partial charge < -0.3 is 20.7 Å². The van der Waals surface area contributed by atoms with Crippen LogP contribution in [0.5, 0.6) is 0 Å². The van der Waals surface area contributed by atoms with Crippen LogP contribution in [0.25, 0.3) is 11.3 Å². The Morgan fingerprint density at radius 3 is 2.65 bits per heavy atom. The molecule has 2 aliphatic rings. The highest BCUT2D eigenvalue weighted by Crippen LogP contribution is 2.32. The largest absolute Gasteiger partial charge is 0.381 e. The van der Waals surface area contributed by atoms with Crippen LogP contribution in [0.2, 0.25) is 5.02 Å². The third kappa shape index (κ3) is 6.16. The lowest BCUT2D eigenvalue weighted by atomic mass is 9.82. The number of nitrogens with one attached hydrogen (secondary N) is 3. The topological polar surface area (TPSA) is 112 Å². The minimum atomic E-state index is -0.430. The Morgan fingerprint density at radius 1 is 1.21 bits per heavy atom. The van der Waals surface area contributed by atoms with E-state index < -0.39 is 5.41 Å². The van der Waals surface area contributed by atoms with Gasteiger partial charge in [0.2, 0.25) is 5.91 Å². The fraction of sp³-hybridized carbons (Fsp3) is 0.520. The zero-order valence-electron chi connectivity index (χ0n) is 19.4. The first-order valence-corrected chi connectivity index (χ1v) is 12.2. The number of hydrogen-bond donors (Lipinski definition) is 3. The molecule has 0 radical (unpaired) electrons. The number of anilines is 2. The monoisotopic (exact) mass is 482 g/mol. The Kier molecular flexibility index (Phi) is 7.86. The molecule has 2 aromatic heterocycles. The van der Waals surface area contributed by atoms with Crippen LogP contribution in [0.4, 0.5) is 11.6 Å². The molecular weight excluding hydrogens is 452 g/mol. The maximum atomic E-state index is 11.3. The third-order valence-electron chi connectivity index (χ3n) is 6.66. The Morgan fingerprint density at radius 2 is 1.94 bits per heavy atom. The summed E-state index contributed by atoms with van der Waals surface area (Å²) >= 11 is 6.49. The normalized spacial score (nSPS) is 21.8. The fourth-order valence-electron chi connectivity index (χ4n) is 4.63. The summed E-state index contributed by atoms with van der Waals surface area (Å²) in [6.45, 7) is 3.32. The molecule has 1 aliphatic heterocycles. The van der Waals surface area contributed by atoms with E-state index in [0.717, 1.165) is 42.8 Å². The van der Waals surface area contributed by atoms with E-state index in [-0.39, 0.29) is 11.9 Å². The standard InChI is InChI=1S/C25H31ClN6O2/c1-17(33)30-18-5-7-19(8-6-18)31-24-13-20(21(26)14-28-24)22-3-2-4-23(32-22)29-16-25(15-27)9-11-34-12-10-25/h2-4,13-14,18-19H,5-12,16H2,1H3,(H,28,31)(H,29,32)(H,30,33)/t18-,19-. The van der Waals surface area contributed by atoms with Gasteiger partial charge in [0.25, 0.3) is 0 Å². The first-order valence-electron chi connectivity index (χ1n) is 11.9. The van der Waals surface area contributed by atoms with E-state index in [1.165, 1.54) is 0 Å². The average Bonchev–Trinajstić information content (AvgIpc) is 2.85. The first-order chi connectivity index (χ1) is 16.5. The van der Waals surface area contributed by atoms with Crippen molar-refractivity contribution < 1.29 is 9.53 Å². The number of ether oxygens (including phenoxy) is 1. The van der Waals surface area contributed by atoms with Gasteiger partial charge >= 0.3 is 0 Å². The number of rotatable bonds is 7. The van der Waals surface area contributed by atoms with Crippen molar-refractivity contribution in [2.45, 2.75) is 57.5 Å². The highest BCUT2D eigenvalue weighted by Gasteiger charge is 2.32. The van der Waals surface area contributed by atoms with Crippen LogP contribution in [-0.4, -0.2) is 47.7 Å². The molecular formula is C25H31ClN6O2. The van der Waals surface area contributed by atoms with E-state index in [4.69, 9.17) is 21.3 Å². The lowest BCUT2D eigenvalue weighted by Crippen LogP contribution is -2.39. The van der Waals surface area contributed by atoms with Gasteiger partial charge in [0.1, 0.15) is 11.6 Å². The quantitative estimate of drug-likeness (QED) is 0.536. The highest BCUT2D eigenvalue weighted by molar-refractivity contribution is 6.33. The molecule has 0 atom stereocenters. The molecule has 3 heterocycles. The molecule has 8 nitrogen and oxygen atoms in total. The second-order valence-electron chi connectivity index (χ2n) is 9.21. The van der Waals surface area contributed by atoms with Gasteiger partial charge in [-0.1, -0.05) is 17.7 Å². The molecule has 0 spiro atoms. The molecule has 1 amide bonds. The van der Waals surface area contributed by atoms with Crippen LogP contribution in [0, 0.1) is 16.7 Å². The molecule has 0 aromatic carbocycles. The summed E-state index contributed by atoms with van der Waals surface area (Å²) in [5, 5.41) is 20.1. The zero-order valence-corrected chi connectivity index (χ0v) is 20.2. The van der Waals surface area contributed by atoms with Gasteiger partial charge in [-0.05, 0) is 56.7 Å². The number of halogens is 1. The molecule has 180 valence electrons. The summed E-state index contributed by atoms with van der Waals surface area (Å²) < 4.78 is 5.42. The molecule has 0 bridgehead atoms. The van der Waals surface area contributed by atoms with Crippen molar-refractivity contribution in [2.24, 2.45) is 5.41 Å². The first kappa shape index (κ1) is 24.2. The Hall–Kier alpha value is -2.89. The molecule has 0 unspecified atom stereocenters. The van der Waals surface area contributed by atoms with E-state index in [1.54, 1.807) is 13.1 Å². The average molecular weight is 483 g/mol. The van der Waals surface area contributed by atoms with Crippen LogP contribution in [0.3, 0.4) is 0 Å². The van der Waals surface area contributed by atoms with Crippen LogP contribution in [0.15, 0.2) is 30.5 Å². The number of amides is 1. The predicted molar refractivity (Wildman–Crippen MR) is 133 cm³/mol. The minimum absolute atomic E-state index is 0.0280. The summed E-state index contributed by atoms with van der Waals surface area (Å²) in [4.78, 5) is 20.5. The van der Waals surface area contributed by atoms with Crippen LogP contribution in [0.1, 0.15) is 45.4 Å². The highest BCUT2D eigenvalue weighted by atomic mass is 35.5. The number of nitriles is 1.